The first-order chi connectivity index (χ1) is 8.12. The van der Waals surface area contributed by atoms with E-state index in [4.69, 9.17) is 0 Å². The number of carbonyl (C=O) groups is 1. The van der Waals surface area contributed by atoms with Crippen LogP contribution >= 0.6 is 0 Å². The van der Waals surface area contributed by atoms with Gasteiger partial charge in [0.15, 0.2) is 0 Å². The van der Waals surface area contributed by atoms with Crippen LogP contribution in [0.4, 0.5) is 0 Å². The van der Waals surface area contributed by atoms with Gasteiger partial charge in [0.25, 0.3) is 0 Å². The number of rotatable bonds is 6. The molecule has 2 nitrogen and oxygen atoms in total. The Balaban J connectivity index is -0.000000236. The van der Waals surface area contributed by atoms with Gasteiger partial charge in [-0.15, -0.1) is 0 Å². The standard InChI is InChI=1S/C8H17NO.C5H12.C2H6/c1-4-6-8(5-2)9-7(3)10;1-3-5-4-2;1-2/h8H,4-6H2,1-3H3,(H,9,10);3-5H2,1-2H3;1-2H3. The molecule has 1 unspecified atom stereocenters. The summed E-state index contributed by atoms with van der Waals surface area (Å²) in [5.41, 5.74) is 0. The minimum Gasteiger partial charge on any atom is -0.354 e. The first-order valence-electron chi connectivity index (χ1n) is 7.39. The van der Waals surface area contributed by atoms with Gasteiger partial charge in [0.05, 0.1) is 0 Å². The minimum atomic E-state index is 0.0836. The quantitative estimate of drug-likeness (QED) is 0.706. The maximum atomic E-state index is 10.6. The Kier molecular flexibility index (Phi) is 26.6. The normalized spacial score (nSPS) is 10.3. The van der Waals surface area contributed by atoms with Gasteiger partial charge in [0.1, 0.15) is 0 Å². The second-order valence-corrected chi connectivity index (χ2v) is 3.95. The first-order valence-corrected chi connectivity index (χ1v) is 7.39. The number of amides is 1. The maximum Gasteiger partial charge on any atom is 0.217 e. The van der Waals surface area contributed by atoms with Gasteiger partial charge < -0.3 is 5.32 Å². The monoisotopic (exact) mass is 245 g/mol. The third-order valence-corrected chi connectivity index (χ3v) is 2.24. The van der Waals surface area contributed by atoms with E-state index in [1.165, 1.54) is 19.3 Å². The summed E-state index contributed by atoms with van der Waals surface area (Å²) >= 11 is 0. The van der Waals surface area contributed by atoms with Gasteiger partial charge in [-0.05, 0) is 12.8 Å². The molecule has 0 bridgehead atoms. The lowest BCUT2D eigenvalue weighted by Gasteiger charge is -2.13. The van der Waals surface area contributed by atoms with E-state index in [9.17, 15) is 4.79 Å². The molecule has 1 atom stereocenters. The second-order valence-electron chi connectivity index (χ2n) is 3.95. The van der Waals surface area contributed by atoms with E-state index in [1.807, 2.05) is 13.8 Å². The third kappa shape index (κ3) is 25.6. The average molecular weight is 245 g/mol. The van der Waals surface area contributed by atoms with Gasteiger partial charge in [0.2, 0.25) is 5.91 Å². The van der Waals surface area contributed by atoms with Crippen molar-refractivity contribution in [2.24, 2.45) is 0 Å². The van der Waals surface area contributed by atoms with Crippen molar-refractivity contribution in [3.63, 3.8) is 0 Å². The van der Waals surface area contributed by atoms with Gasteiger partial charge in [-0.3, -0.25) is 4.79 Å². The molecule has 0 aliphatic carbocycles. The molecule has 1 amide bonds. The summed E-state index contributed by atoms with van der Waals surface area (Å²) in [6.45, 7) is 14.2. The Hall–Kier alpha value is -0.530. The van der Waals surface area contributed by atoms with Gasteiger partial charge >= 0.3 is 0 Å². The molecule has 0 aromatic heterocycles. The molecule has 106 valence electrons. The van der Waals surface area contributed by atoms with Gasteiger partial charge in [-0.1, -0.05) is 67.2 Å². The molecule has 0 fully saturated rings. The molecule has 1 N–H and O–H groups in total. The SMILES string of the molecule is CC.CCCC(CC)NC(C)=O.CCCCC. The molecule has 0 aliphatic rings. The Morgan fingerprint density at radius 2 is 1.47 bits per heavy atom. The molecular formula is C15H35NO. The van der Waals surface area contributed by atoms with E-state index in [0.29, 0.717) is 6.04 Å². The van der Waals surface area contributed by atoms with Crippen molar-refractivity contribution in [1.82, 2.24) is 5.32 Å². The summed E-state index contributed by atoms with van der Waals surface area (Å²) in [5.74, 6) is 0.0836. The molecule has 0 aliphatic heterocycles. The summed E-state index contributed by atoms with van der Waals surface area (Å²) < 4.78 is 0. The van der Waals surface area contributed by atoms with E-state index in [-0.39, 0.29) is 5.91 Å². The number of carbonyl (C=O) groups excluding carboxylic acids is 1. The molecule has 0 saturated heterocycles. The summed E-state index contributed by atoms with van der Waals surface area (Å²) in [5, 5.41) is 2.89. The third-order valence-electron chi connectivity index (χ3n) is 2.24. The maximum absolute atomic E-state index is 10.6. The van der Waals surface area contributed by atoms with Crippen molar-refractivity contribution in [1.29, 1.82) is 0 Å². The van der Waals surface area contributed by atoms with Crippen molar-refractivity contribution < 1.29 is 4.79 Å². The summed E-state index contributed by atoms with van der Waals surface area (Å²) in [6.07, 6.45) is 7.34. The van der Waals surface area contributed by atoms with Crippen LogP contribution < -0.4 is 5.32 Å². The number of hydrogen-bond acceptors (Lipinski definition) is 1. The highest BCUT2D eigenvalue weighted by molar-refractivity contribution is 5.73. The number of nitrogens with one attached hydrogen (secondary N) is 1. The molecule has 0 aromatic rings. The topological polar surface area (TPSA) is 29.1 Å². The lowest BCUT2D eigenvalue weighted by molar-refractivity contribution is -0.119. The van der Waals surface area contributed by atoms with Crippen molar-refractivity contribution in [2.75, 3.05) is 0 Å². The Morgan fingerprint density at radius 3 is 1.65 bits per heavy atom. The summed E-state index contributed by atoms with van der Waals surface area (Å²) in [4.78, 5) is 10.6. The van der Waals surface area contributed by atoms with Crippen molar-refractivity contribution in [2.45, 2.75) is 93.0 Å². The smallest absolute Gasteiger partial charge is 0.217 e. The zero-order valence-corrected chi connectivity index (χ0v) is 13.2. The van der Waals surface area contributed by atoms with Crippen LogP contribution in [0.1, 0.15) is 87.0 Å². The minimum absolute atomic E-state index is 0.0836. The van der Waals surface area contributed by atoms with E-state index in [2.05, 4.69) is 33.0 Å². The van der Waals surface area contributed by atoms with Gasteiger partial charge in [-0.2, -0.15) is 0 Å². The highest BCUT2D eigenvalue weighted by atomic mass is 16.1. The van der Waals surface area contributed by atoms with Crippen LogP contribution in [0.25, 0.3) is 0 Å². The van der Waals surface area contributed by atoms with Crippen LogP contribution in [-0.2, 0) is 4.79 Å². The van der Waals surface area contributed by atoms with E-state index >= 15 is 0 Å². The van der Waals surface area contributed by atoms with E-state index in [0.717, 1.165) is 19.3 Å². The van der Waals surface area contributed by atoms with Gasteiger partial charge in [-0.25, -0.2) is 0 Å². The summed E-state index contributed by atoms with van der Waals surface area (Å²) in [7, 11) is 0. The Bertz CT molecular complexity index is 133. The average Bonchev–Trinajstić information content (AvgIpc) is 2.32. The van der Waals surface area contributed by atoms with Crippen molar-refractivity contribution in [3.05, 3.63) is 0 Å². The van der Waals surface area contributed by atoms with Crippen LogP contribution in [-0.4, -0.2) is 11.9 Å². The fraction of sp³-hybridized carbons (Fsp3) is 0.933. The number of unbranched alkanes of at least 4 members (excludes halogenated alkanes) is 2. The molecule has 0 radical (unpaired) electrons. The molecule has 0 rings (SSSR count). The lowest BCUT2D eigenvalue weighted by atomic mass is 10.1. The van der Waals surface area contributed by atoms with Gasteiger partial charge in [0, 0.05) is 13.0 Å². The highest BCUT2D eigenvalue weighted by Crippen LogP contribution is 1.99. The molecule has 0 aromatic carbocycles. The first kappa shape index (κ1) is 21.7. The van der Waals surface area contributed by atoms with Crippen LogP contribution in [0.15, 0.2) is 0 Å². The van der Waals surface area contributed by atoms with E-state index in [1.54, 1.807) is 6.92 Å². The molecule has 0 saturated carbocycles. The predicted molar refractivity (Wildman–Crippen MR) is 79.4 cm³/mol. The second kappa shape index (κ2) is 20.8. The van der Waals surface area contributed by atoms with Crippen molar-refractivity contribution in [3.8, 4) is 0 Å². The van der Waals surface area contributed by atoms with Crippen LogP contribution in [0.2, 0.25) is 0 Å². The largest absolute Gasteiger partial charge is 0.354 e. The molecule has 0 heterocycles. The van der Waals surface area contributed by atoms with Crippen LogP contribution in [0.3, 0.4) is 0 Å². The highest BCUT2D eigenvalue weighted by Gasteiger charge is 2.04. The fourth-order valence-corrected chi connectivity index (χ4v) is 1.37. The molecule has 2 heteroatoms. The van der Waals surface area contributed by atoms with E-state index < -0.39 is 0 Å². The van der Waals surface area contributed by atoms with Crippen LogP contribution in [0.5, 0.6) is 0 Å². The zero-order chi connectivity index (χ0) is 14.1. The molecule has 0 spiro atoms. The van der Waals surface area contributed by atoms with Crippen molar-refractivity contribution >= 4 is 5.91 Å². The fourth-order valence-electron chi connectivity index (χ4n) is 1.37. The Labute approximate surface area is 110 Å². The Morgan fingerprint density at radius 1 is 1.00 bits per heavy atom. The summed E-state index contributed by atoms with van der Waals surface area (Å²) in [6, 6.07) is 0.391. The lowest BCUT2D eigenvalue weighted by Crippen LogP contribution is -2.32. The molecular weight excluding hydrogens is 210 g/mol. The number of hydrogen-bond donors (Lipinski definition) is 1. The molecule has 17 heavy (non-hydrogen) atoms. The van der Waals surface area contributed by atoms with Crippen LogP contribution in [0, 0.1) is 0 Å². The zero-order valence-electron chi connectivity index (χ0n) is 13.2. The predicted octanol–water partition coefficient (Wildman–Crippen LogP) is 4.92.